The summed E-state index contributed by atoms with van der Waals surface area (Å²) < 4.78 is 11.1. The maximum Gasteiger partial charge on any atom is 0.253 e. The molecule has 0 bridgehead atoms. The average Bonchev–Trinajstić information content (AvgIpc) is 2.25. The molecule has 17 heavy (non-hydrogen) atoms. The third-order valence-corrected chi connectivity index (χ3v) is 3.87. The fourth-order valence-corrected chi connectivity index (χ4v) is 1.66. The predicted molar refractivity (Wildman–Crippen MR) is 71.5 cm³/mol. The highest BCUT2D eigenvalue weighted by Gasteiger charge is 2.12. The lowest BCUT2D eigenvalue weighted by Gasteiger charge is -2.11. The molecule has 0 aliphatic heterocycles. The molecule has 2 unspecified atom stereocenters. The monoisotopic (exact) mass is 254 g/mol. The molecule has 1 aromatic carbocycles. The zero-order valence-electron chi connectivity index (χ0n) is 10.3. The number of carbonyl (C=O) groups is 1. The van der Waals surface area contributed by atoms with Crippen molar-refractivity contribution in [3.63, 3.8) is 0 Å². The molecule has 2 atom stereocenters. The van der Waals surface area contributed by atoms with Gasteiger partial charge >= 0.3 is 0 Å². The summed E-state index contributed by atoms with van der Waals surface area (Å²) in [6.07, 6.45) is 1.62. The van der Waals surface area contributed by atoms with E-state index in [1.165, 1.54) is 0 Å². The number of aryl methyl sites for hydroxylation is 1. The van der Waals surface area contributed by atoms with E-state index in [-0.39, 0.29) is 11.2 Å². The summed E-state index contributed by atoms with van der Waals surface area (Å²) in [5.41, 5.74) is 7.71. The van der Waals surface area contributed by atoms with Gasteiger partial charge in [-0.3, -0.25) is 9.00 Å². The third kappa shape index (κ3) is 3.85. The van der Waals surface area contributed by atoms with Gasteiger partial charge in [0.05, 0.1) is 5.56 Å². The van der Waals surface area contributed by atoms with Crippen LogP contribution in [0.3, 0.4) is 0 Å². The molecule has 3 N–H and O–H groups in total. The summed E-state index contributed by atoms with van der Waals surface area (Å²) in [6, 6.07) is 5.30. The molecule has 0 aromatic heterocycles. The van der Waals surface area contributed by atoms with Crippen LogP contribution in [0.25, 0.3) is 0 Å². The van der Waals surface area contributed by atoms with E-state index in [2.05, 4.69) is 5.32 Å². The summed E-state index contributed by atoms with van der Waals surface area (Å²) in [7, 11) is -0.938. The van der Waals surface area contributed by atoms with Crippen LogP contribution in [0.1, 0.15) is 22.8 Å². The van der Waals surface area contributed by atoms with Gasteiger partial charge in [0, 0.05) is 34.5 Å². The van der Waals surface area contributed by atoms with E-state index in [1.807, 2.05) is 19.9 Å². The molecule has 0 saturated carbocycles. The Bertz CT molecular complexity index is 446. The molecule has 0 aliphatic rings. The van der Waals surface area contributed by atoms with E-state index in [4.69, 9.17) is 5.73 Å². The maximum atomic E-state index is 11.8. The maximum absolute atomic E-state index is 11.8. The van der Waals surface area contributed by atoms with Crippen LogP contribution in [-0.4, -0.2) is 28.2 Å². The van der Waals surface area contributed by atoms with E-state index in [9.17, 15) is 9.00 Å². The van der Waals surface area contributed by atoms with Crippen molar-refractivity contribution < 1.29 is 9.00 Å². The minimum atomic E-state index is -0.938. The lowest BCUT2D eigenvalue weighted by Crippen LogP contribution is -2.32. The Morgan fingerprint density at radius 3 is 2.71 bits per heavy atom. The molecule has 0 spiro atoms. The Kier molecular flexibility index (Phi) is 4.69. The molecule has 0 saturated heterocycles. The quantitative estimate of drug-likeness (QED) is 0.790. The first kappa shape index (κ1) is 13.7. The van der Waals surface area contributed by atoms with Crippen LogP contribution in [-0.2, 0) is 10.8 Å². The lowest BCUT2D eigenvalue weighted by atomic mass is 10.1. The first-order valence-electron chi connectivity index (χ1n) is 5.38. The normalized spacial score (nSPS) is 14.1. The van der Waals surface area contributed by atoms with Gasteiger partial charge in [-0.15, -0.1) is 0 Å². The van der Waals surface area contributed by atoms with Gasteiger partial charge in [0.2, 0.25) is 0 Å². The van der Waals surface area contributed by atoms with Gasteiger partial charge in [-0.1, -0.05) is 6.07 Å². The van der Waals surface area contributed by atoms with E-state index in [0.717, 1.165) is 5.56 Å². The van der Waals surface area contributed by atoms with Gasteiger partial charge in [0.1, 0.15) is 0 Å². The van der Waals surface area contributed by atoms with Crippen LogP contribution in [0.4, 0.5) is 5.69 Å². The van der Waals surface area contributed by atoms with Crippen LogP contribution in [0, 0.1) is 6.92 Å². The second-order valence-corrected chi connectivity index (χ2v) is 5.91. The second-order valence-electron chi connectivity index (χ2n) is 4.11. The van der Waals surface area contributed by atoms with Crippen molar-refractivity contribution in [3.8, 4) is 0 Å². The Balaban J connectivity index is 2.67. The second kappa shape index (κ2) is 5.82. The summed E-state index contributed by atoms with van der Waals surface area (Å²) in [4.78, 5) is 11.8. The SMILES string of the molecule is Cc1ccc(C(=O)NCC(C)S(C)=O)c(N)c1. The smallest absolute Gasteiger partial charge is 0.253 e. The summed E-state index contributed by atoms with van der Waals surface area (Å²) in [6.45, 7) is 4.13. The Labute approximate surface area is 104 Å². The van der Waals surface area contributed by atoms with E-state index < -0.39 is 10.8 Å². The molecule has 0 fully saturated rings. The fraction of sp³-hybridized carbons (Fsp3) is 0.417. The number of nitrogens with one attached hydrogen (secondary N) is 1. The van der Waals surface area contributed by atoms with Gasteiger partial charge < -0.3 is 11.1 Å². The Morgan fingerprint density at radius 1 is 1.53 bits per heavy atom. The van der Waals surface area contributed by atoms with Crippen molar-refractivity contribution in [2.45, 2.75) is 19.1 Å². The van der Waals surface area contributed by atoms with Crippen LogP contribution in [0.15, 0.2) is 18.2 Å². The van der Waals surface area contributed by atoms with Gasteiger partial charge in [-0.2, -0.15) is 0 Å². The first-order valence-corrected chi connectivity index (χ1v) is 7.00. The molecule has 4 nitrogen and oxygen atoms in total. The van der Waals surface area contributed by atoms with Crippen LogP contribution >= 0.6 is 0 Å². The van der Waals surface area contributed by atoms with E-state index >= 15 is 0 Å². The van der Waals surface area contributed by atoms with Gasteiger partial charge in [-0.25, -0.2) is 0 Å². The summed E-state index contributed by atoms with van der Waals surface area (Å²) in [5.74, 6) is -0.222. The number of anilines is 1. The number of carbonyl (C=O) groups excluding carboxylic acids is 1. The third-order valence-electron chi connectivity index (χ3n) is 2.57. The number of hydrogen-bond acceptors (Lipinski definition) is 3. The van der Waals surface area contributed by atoms with Gasteiger partial charge in [-0.05, 0) is 31.5 Å². The van der Waals surface area contributed by atoms with Crippen LogP contribution in [0.2, 0.25) is 0 Å². The summed E-state index contributed by atoms with van der Waals surface area (Å²) in [5, 5.41) is 2.66. The number of benzene rings is 1. The molecular weight excluding hydrogens is 236 g/mol. The first-order chi connectivity index (χ1) is 7.91. The highest BCUT2D eigenvalue weighted by molar-refractivity contribution is 7.84. The van der Waals surface area contributed by atoms with Gasteiger partial charge in [0.25, 0.3) is 5.91 Å². The number of amides is 1. The number of hydrogen-bond donors (Lipinski definition) is 2. The fourth-order valence-electron chi connectivity index (χ4n) is 1.34. The number of nitrogens with two attached hydrogens (primary N) is 1. The van der Waals surface area contributed by atoms with Crippen LogP contribution in [0.5, 0.6) is 0 Å². The van der Waals surface area contributed by atoms with Crippen molar-refractivity contribution in [1.29, 1.82) is 0 Å². The molecule has 1 aromatic rings. The number of nitrogen functional groups attached to an aromatic ring is 1. The molecule has 5 heteroatoms. The molecule has 0 heterocycles. The predicted octanol–water partition coefficient (Wildman–Crippen LogP) is 1.07. The minimum absolute atomic E-state index is 0.0642. The van der Waals surface area contributed by atoms with Crippen molar-refractivity contribution >= 4 is 22.4 Å². The topological polar surface area (TPSA) is 72.2 Å². The van der Waals surface area contributed by atoms with E-state index in [1.54, 1.807) is 18.4 Å². The molecule has 1 rings (SSSR count). The number of rotatable bonds is 4. The lowest BCUT2D eigenvalue weighted by molar-refractivity contribution is 0.0955. The van der Waals surface area contributed by atoms with Crippen molar-refractivity contribution in [2.75, 3.05) is 18.5 Å². The zero-order valence-corrected chi connectivity index (χ0v) is 11.1. The summed E-state index contributed by atoms with van der Waals surface area (Å²) >= 11 is 0. The molecule has 1 amide bonds. The molecular formula is C12H18N2O2S. The molecule has 0 radical (unpaired) electrons. The largest absolute Gasteiger partial charge is 0.398 e. The Morgan fingerprint density at radius 2 is 2.18 bits per heavy atom. The van der Waals surface area contributed by atoms with Crippen molar-refractivity contribution in [3.05, 3.63) is 29.3 Å². The highest BCUT2D eigenvalue weighted by Crippen LogP contribution is 2.13. The highest BCUT2D eigenvalue weighted by atomic mass is 32.2. The molecule has 0 aliphatic carbocycles. The molecule has 94 valence electrons. The van der Waals surface area contributed by atoms with Crippen molar-refractivity contribution in [2.24, 2.45) is 0 Å². The zero-order chi connectivity index (χ0) is 13.0. The van der Waals surface area contributed by atoms with Crippen molar-refractivity contribution in [1.82, 2.24) is 5.32 Å². The van der Waals surface area contributed by atoms with Gasteiger partial charge in [0.15, 0.2) is 0 Å². The average molecular weight is 254 g/mol. The minimum Gasteiger partial charge on any atom is -0.398 e. The standard InChI is InChI=1S/C12H18N2O2S/c1-8-4-5-10(11(13)6-8)12(15)14-7-9(2)17(3)16/h4-6,9H,7,13H2,1-3H3,(H,14,15). The van der Waals surface area contributed by atoms with E-state index in [0.29, 0.717) is 17.8 Å². The van der Waals surface area contributed by atoms with Crippen LogP contribution < -0.4 is 11.1 Å². The Hall–Kier alpha value is -1.36.